The molecule has 0 aliphatic carbocycles. The van der Waals surface area contributed by atoms with Gasteiger partial charge in [-0.15, -0.1) is 0 Å². The van der Waals surface area contributed by atoms with Crippen LogP contribution in [0.4, 0.5) is 10.2 Å². The Balaban J connectivity index is 2.56. The lowest BCUT2D eigenvalue weighted by Gasteiger charge is -2.07. The van der Waals surface area contributed by atoms with Gasteiger partial charge in [-0.1, -0.05) is 0 Å². The number of hydrogen-bond acceptors (Lipinski definition) is 4. The maximum absolute atomic E-state index is 13.0. The first-order valence-corrected chi connectivity index (χ1v) is 5.48. The van der Waals surface area contributed by atoms with Gasteiger partial charge in [0.15, 0.2) is 5.78 Å². The predicted octanol–water partition coefficient (Wildman–Crippen LogP) is 1.80. The summed E-state index contributed by atoms with van der Waals surface area (Å²) in [6, 6.07) is 5.21. The fourth-order valence-corrected chi connectivity index (χ4v) is 1.80. The van der Waals surface area contributed by atoms with Crippen LogP contribution in [0.15, 0.2) is 30.5 Å². The average molecular weight is 257 g/mol. The standard InChI is InChI=1S/C14H10FN2O2/c1-8-6-9(15)2-3-10(8)13(19)11-4-5-17-14(16)12(11)7-18/h2-6H,1H3,(H2,16,17). The highest BCUT2D eigenvalue weighted by molar-refractivity contribution is 6.14. The molecular weight excluding hydrogens is 247 g/mol. The number of carbonyl (C=O) groups excluding carboxylic acids is 2. The van der Waals surface area contributed by atoms with E-state index in [0.717, 1.165) is 0 Å². The van der Waals surface area contributed by atoms with E-state index in [1.54, 1.807) is 13.2 Å². The number of anilines is 1. The van der Waals surface area contributed by atoms with Crippen molar-refractivity contribution >= 4 is 17.9 Å². The second-order valence-corrected chi connectivity index (χ2v) is 4.01. The molecule has 5 heteroatoms. The van der Waals surface area contributed by atoms with E-state index in [4.69, 9.17) is 5.73 Å². The van der Waals surface area contributed by atoms with Gasteiger partial charge in [0.2, 0.25) is 6.29 Å². The molecule has 19 heavy (non-hydrogen) atoms. The molecule has 2 aromatic rings. The Morgan fingerprint density at radius 3 is 2.68 bits per heavy atom. The first-order chi connectivity index (χ1) is 9.04. The van der Waals surface area contributed by atoms with E-state index < -0.39 is 11.6 Å². The number of halogens is 1. The van der Waals surface area contributed by atoms with Gasteiger partial charge in [-0.2, -0.15) is 0 Å². The van der Waals surface area contributed by atoms with Crippen LogP contribution in [0, 0.1) is 12.7 Å². The molecule has 1 aromatic carbocycles. The van der Waals surface area contributed by atoms with Crippen molar-refractivity contribution in [3.8, 4) is 0 Å². The van der Waals surface area contributed by atoms with E-state index in [-0.39, 0.29) is 16.9 Å². The molecule has 0 bridgehead atoms. The van der Waals surface area contributed by atoms with E-state index >= 15 is 0 Å². The van der Waals surface area contributed by atoms with Crippen molar-refractivity contribution in [3.05, 3.63) is 58.5 Å². The minimum atomic E-state index is -0.425. The molecule has 1 aromatic heterocycles. The molecular formula is C14H10FN2O2. The maximum atomic E-state index is 13.0. The quantitative estimate of drug-likeness (QED) is 0.851. The van der Waals surface area contributed by atoms with Crippen LogP contribution in [0.2, 0.25) is 0 Å². The highest BCUT2D eigenvalue weighted by Gasteiger charge is 2.18. The third-order valence-electron chi connectivity index (χ3n) is 2.76. The number of nitrogen functional groups attached to an aromatic ring is 1. The fourth-order valence-electron chi connectivity index (χ4n) is 1.80. The lowest BCUT2D eigenvalue weighted by atomic mass is 9.96. The van der Waals surface area contributed by atoms with Gasteiger partial charge in [-0.05, 0) is 36.8 Å². The summed E-state index contributed by atoms with van der Waals surface area (Å²) < 4.78 is 13.0. The molecule has 0 amide bonds. The Kier molecular flexibility index (Phi) is 3.37. The first kappa shape index (κ1) is 12.9. The summed E-state index contributed by atoms with van der Waals surface area (Å²) in [5.74, 6) is -0.893. The van der Waals surface area contributed by atoms with Crippen LogP contribution in [-0.4, -0.2) is 17.1 Å². The zero-order chi connectivity index (χ0) is 14.0. The van der Waals surface area contributed by atoms with Crippen molar-refractivity contribution in [2.45, 2.75) is 6.92 Å². The molecule has 0 aliphatic heterocycles. The van der Waals surface area contributed by atoms with Crippen LogP contribution in [-0.2, 0) is 4.79 Å². The Hall–Kier alpha value is -2.56. The highest BCUT2D eigenvalue weighted by atomic mass is 19.1. The summed E-state index contributed by atoms with van der Waals surface area (Å²) in [7, 11) is 0. The lowest BCUT2D eigenvalue weighted by Crippen LogP contribution is -2.10. The van der Waals surface area contributed by atoms with Crippen molar-refractivity contribution in [2.75, 3.05) is 5.73 Å². The fraction of sp³-hybridized carbons (Fsp3) is 0.0714. The van der Waals surface area contributed by atoms with Crippen LogP contribution in [0.3, 0.4) is 0 Å². The van der Waals surface area contributed by atoms with E-state index in [1.807, 2.05) is 0 Å². The normalized spacial score (nSPS) is 10.2. The zero-order valence-corrected chi connectivity index (χ0v) is 10.1. The van der Waals surface area contributed by atoms with E-state index in [9.17, 15) is 14.0 Å². The Bertz CT molecular complexity index is 668. The van der Waals surface area contributed by atoms with E-state index in [1.165, 1.54) is 30.5 Å². The number of hydrogen-bond donors (Lipinski definition) is 1. The number of ketones is 1. The summed E-state index contributed by atoms with van der Waals surface area (Å²) in [6.45, 7) is 1.62. The second-order valence-electron chi connectivity index (χ2n) is 4.01. The van der Waals surface area contributed by atoms with Crippen molar-refractivity contribution in [1.29, 1.82) is 0 Å². The summed E-state index contributed by atoms with van der Waals surface area (Å²) >= 11 is 0. The van der Waals surface area contributed by atoms with Crippen LogP contribution in [0.25, 0.3) is 0 Å². The summed E-state index contributed by atoms with van der Waals surface area (Å²) in [6.07, 6.45) is 2.95. The average Bonchev–Trinajstić information content (AvgIpc) is 2.37. The number of nitrogens with two attached hydrogens (primary N) is 1. The second kappa shape index (κ2) is 4.97. The number of benzene rings is 1. The minimum Gasteiger partial charge on any atom is -0.383 e. The summed E-state index contributed by atoms with van der Waals surface area (Å²) in [5.41, 5.74) is 6.35. The molecule has 95 valence electrons. The monoisotopic (exact) mass is 257 g/mol. The van der Waals surface area contributed by atoms with Crippen LogP contribution in [0.1, 0.15) is 27.0 Å². The molecule has 0 fully saturated rings. The largest absolute Gasteiger partial charge is 0.383 e. The zero-order valence-electron chi connectivity index (χ0n) is 10.1. The van der Waals surface area contributed by atoms with E-state index in [0.29, 0.717) is 11.1 Å². The number of aryl methyl sites for hydroxylation is 1. The molecule has 1 radical (unpaired) electrons. The molecule has 0 spiro atoms. The van der Waals surface area contributed by atoms with Gasteiger partial charge in [-0.25, -0.2) is 9.37 Å². The molecule has 0 saturated heterocycles. The number of pyridine rings is 1. The van der Waals surface area contributed by atoms with Gasteiger partial charge in [-0.3, -0.25) is 9.59 Å². The number of rotatable bonds is 3. The predicted molar refractivity (Wildman–Crippen MR) is 68.0 cm³/mol. The summed E-state index contributed by atoms with van der Waals surface area (Å²) in [5, 5.41) is 0. The van der Waals surface area contributed by atoms with Crippen LogP contribution < -0.4 is 5.73 Å². The molecule has 0 unspecified atom stereocenters. The first-order valence-electron chi connectivity index (χ1n) is 5.48. The van der Waals surface area contributed by atoms with Crippen LogP contribution in [0.5, 0.6) is 0 Å². The molecule has 1 heterocycles. The molecule has 0 atom stereocenters. The number of aromatic nitrogens is 1. The van der Waals surface area contributed by atoms with Crippen molar-refractivity contribution in [2.24, 2.45) is 0 Å². The maximum Gasteiger partial charge on any atom is 0.238 e. The number of nitrogens with zero attached hydrogens (tertiary/aromatic N) is 1. The van der Waals surface area contributed by atoms with Crippen molar-refractivity contribution < 1.29 is 14.0 Å². The molecule has 0 saturated carbocycles. The van der Waals surface area contributed by atoms with Crippen LogP contribution >= 0.6 is 0 Å². The smallest absolute Gasteiger partial charge is 0.238 e. The molecule has 2 N–H and O–H groups in total. The van der Waals surface area contributed by atoms with Gasteiger partial charge >= 0.3 is 0 Å². The van der Waals surface area contributed by atoms with Gasteiger partial charge in [0.25, 0.3) is 0 Å². The topological polar surface area (TPSA) is 73.1 Å². The third kappa shape index (κ3) is 2.35. The summed E-state index contributed by atoms with van der Waals surface area (Å²) in [4.78, 5) is 26.9. The van der Waals surface area contributed by atoms with Crippen molar-refractivity contribution in [1.82, 2.24) is 4.98 Å². The SMILES string of the molecule is Cc1cc(F)ccc1C(=O)c1ccnc(N)c1[C]=O. The molecule has 4 nitrogen and oxygen atoms in total. The Morgan fingerprint density at radius 2 is 2.05 bits per heavy atom. The van der Waals surface area contributed by atoms with Gasteiger partial charge in [0, 0.05) is 17.3 Å². The van der Waals surface area contributed by atoms with Gasteiger partial charge in [0.1, 0.15) is 11.6 Å². The molecule has 0 aliphatic rings. The molecule has 2 rings (SSSR count). The lowest BCUT2D eigenvalue weighted by molar-refractivity contribution is 0.103. The van der Waals surface area contributed by atoms with Crippen molar-refractivity contribution in [3.63, 3.8) is 0 Å². The van der Waals surface area contributed by atoms with Gasteiger partial charge < -0.3 is 5.73 Å². The Morgan fingerprint density at radius 1 is 1.32 bits per heavy atom. The highest BCUT2D eigenvalue weighted by Crippen LogP contribution is 2.19. The van der Waals surface area contributed by atoms with E-state index in [2.05, 4.69) is 4.98 Å². The third-order valence-corrected chi connectivity index (χ3v) is 2.76. The minimum absolute atomic E-state index is 0.0550. The number of carbonyl (C=O) groups is 1. The van der Waals surface area contributed by atoms with Gasteiger partial charge in [0.05, 0.1) is 5.56 Å². The Labute approximate surface area is 109 Å².